The molecular formula is C11H15Cl3Ti. The molecule has 0 saturated carbocycles. The van der Waals surface area contributed by atoms with Crippen molar-refractivity contribution in [3.05, 3.63) is 22.8 Å². The minimum atomic E-state index is 0. The molecule has 0 saturated heterocycles. The summed E-state index contributed by atoms with van der Waals surface area (Å²) in [6.45, 7) is 4.53. The Morgan fingerprint density at radius 2 is 1.60 bits per heavy atom. The van der Waals surface area contributed by atoms with Crippen LogP contribution < -0.4 is 37.2 Å². The van der Waals surface area contributed by atoms with Crippen molar-refractivity contribution in [3.8, 4) is 0 Å². The third kappa shape index (κ3) is 4.44. The summed E-state index contributed by atoms with van der Waals surface area (Å²) in [5.74, 6) is 0.713. The van der Waals surface area contributed by atoms with Crippen molar-refractivity contribution in [1.29, 1.82) is 0 Å². The monoisotopic (exact) mass is 300 g/mol. The van der Waals surface area contributed by atoms with Crippen molar-refractivity contribution in [1.82, 2.24) is 0 Å². The third-order valence-corrected chi connectivity index (χ3v) is 3.03. The smallest absolute Gasteiger partial charge is 1.00 e. The number of hydrogen-bond acceptors (Lipinski definition) is 0. The fourth-order valence-electron chi connectivity index (χ4n) is 2.16. The molecule has 0 amide bonds. The predicted molar refractivity (Wildman–Crippen MR) is 47.1 cm³/mol. The molecule has 0 spiro atoms. The van der Waals surface area contributed by atoms with Gasteiger partial charge in [-0.25, -0.2) is 17.2 Å². The van der Waals surface area contributed by atoms with Crippen LogP contribution in [0.5, 0.6) is 0 Å². The van der Waals surface area contributed by atoms with Gasteiger partial charge in [-0.3, -0.25) is 0 Å². The molecule has 15 heavy (non-hydrogen) atoms. The molecule has 0 heterocycles. The van der Waals surface area contributed by atoms with E-state index in [1.165, 1.54) is 31.3 Å². The van der Waals surface area contributed by atoms with Gasteiger partial charge in [-0.2, -0.15) is 5.57 Å². The van der Waals surface area contributed by atoms with Crippen molar-refractivity contribution in [2.24, 2.45) is 5.92 Å². The Bertz CT molecular complexity index is 246. The number of allylic oxidation sites excluding steroid dienone is 4. The van der Waals surface area contributed by atoms with Crippen molar-refractivity contribution < 1.29 is 58.9 Å². The van der Waals surface area contributed by atoms with Crippen molar-refractivity contribution in [3.63, 3.8) is 0 Å². The molecule has 84 valence electrons. The standard InChI is InChI=1S/C11H15.3ClH.Ti/c1-8-7-10-5-3-4-6-11(10)9(8)2;;;;/h9H,3-6H2,1-2H3;3*1H;/q-1;;;;+4/p-3. The summed E-state index contributed by atoms with van der Waals surface area (Å²) in [6.07, 6.45) is 8.91. The van der Waals surface area contributed by atoms with E-state index in [-0.39, 0.29) is 58.9 Å². The van der Waals surface area contributed by atoms with E-state index < -0.39 is 0 Å². The van der Waals surface area contributed by atoms with Crippen LogP contribution >= 0.6 is 0 Å². The fraction of sp³-hybridized carbons (Fsp3) is 0.636. The molecule has 2 aliphatic carbocycles. The summed E-state index contributed by atoms with van der Waals surface area (Å²) in [6, 6.07) is 0. The van der Waals surface area contributed by atoms with Gasteiger partial charge in [0.15, 0.2) is 0 Å². The zero-order valence-corrected chi connectivity index (χ0v) is 12.9. The quantitative estimate of drug-likeness (QED) is 0.309. The van der Waals surface area contributed by atoms with E-state index in [0.717, 1.165) is 0 Å². The van der Waals surface area contributed by atoms with Crippen LogP contribution in [0.2, 0.25) is 0 Å². The molecule has 0 N–H and O–H groups in total. The Morgan fingerprint density at radius 3 is 2.13 bits per heavy atom. The Labute approximate surface area is 126 Å². The van der Waals surface area contributed by atoms with Crippen LogP contribution in [0.4, 0.5) is 0 Å². The van der Waals surface area contributed by atoms with E-state index in [2.05, 4.69) is 19.9 Å². The fourth-order valence-corrected chi connectivity index (χ4v) is 2.16. The molecule has 2 aliphatic rings. The molecule has 4 heteroatoms. The van der Waals surface area contributed by atoms with E-state index >= 15 is 0 Å². The normalized spacial score (nSPS) is 22.3. The third-order valence-electron chi connectivity index (χ3n) is 3.03. The zero-order valence-electron chi connectivity index (χ0n) is 9.04. The summed E-state index contributed by atoms with van der Waals surface area (Å²) < 4.78 is 0. The molecule has 0 radical (unpaired) electrons. The van der Waals surface area contributed by atoms with Crippen LogP contribution in [0.25, 0.3) is 0 Å². The minimum Gasteiger partial charge on any atom is -1.00 e. The van der Waals surface area contributed by atoms with Crippen molar-refractivity contribution in [2.45, 2.75) is 39.5 Å². The maximum atomic E-state index is 3.50. The summed E-state index contributed by atoms with van der Waals surface area (Å²) in [4.78, 5) is 0. The second-order valence-corrected chi connectivity index (χ2v) is 3.74. The summed E-state index contributed by atoms with van der Waals surface area (Å²) in [7, 11) is 0. The number of halogens is 3. The van der Waals surface area contributed by atoms with Crippen LogP contribution in [-0.4, -0.2) is 0 Å². The molecule has 0 aromatic carbocycles. The van der Waals surface area contributed by atoms with E-state index in [4.69, 9.17) is 0 Å². The molecular weight excluding hydrogens is 286 g/mol. The Hall–Kier alpha value is 1.06. The Balaban J connectivity index is -0.000000360. The van der Waals surface area contributed by atoms with E-state index in [0.29, 0.717) is 5.92 Å². The largest absolute Gasteiger partial charge is 4.00 e. The van der Waals surface area contributed by atoms with Gasteiger partial charge in [-0.05, 0) is 0 Å². The van der Waals surface area contributed by atoms with Gasteiger partial charge in [-0.1, -0.05) is 45.4 Å². The first-order chi connectivity index (χ1) is 5.29. The second kappa shape index (κ2) is 9.13. The molecule has 2 rings (SSSR count). The summed E-state index contributed by atoms with van der Waals surface area (Å²) in [5.41, 5.74) is 4.69. The summed E-state index contributed by atoms with van der Waals surface area (Å²) >= 11 is 0. The second-order valence-electron chi connectivity index (χ2n) is 3.74. The van der Waals surface area contributed by atoms with Crippen LogP contribution in [0.3, 0.4) is 0 Å². The van der Waals surface area contributed by atoms with E-state index in [1.807, 2.05) is 0 Å². The van der Waals surface area contributed by atoms with Crippen LogP contribution in [0.15, 0.2) is 16.7 Å². The number of hydrogen-bond donors (Lipinski definition) is 0. The van der Waals surface area contributed by atoms with Gasteiger partial charge in [0.25, 0.3) is 0 Å². The van der Waals surface area contributed by atoms with Crippen LogP contribution in [0.1, 0.15) is 39.5 Å². The number of rotatable bonds is 0. The van der Waals surface area contributed by atoms with Gasteiger partial charge in [0.05, 0.1) is 0 Å². The van der Waals surface area contributed by atoms with Gasteiger partial charge >= 0.3 is 21.7 Å². The first kappa shape index (κ1) is 21.4. The molecule has 0 aliphatic heterocycles. The van der Waals surface area contributed by atoms with Gasteiger partial charge in [0.1, 0.15) is 0 Å². The predicted octanol–water partition coefficient (Wildman–Crippen LogP) is -5.73. The Morgan fingerprint density at radius 1 is 1.07 bits per heavy atom. The van der Waals surface area contributed by atoms with Crippen molar-refractivity contribution >= 4 is 0 Å². The molecule has 1 atom stereocenters. The molecule has 0 aromatic rings. The van der Waals surface area contributed by atoms with Gasteiger partial charge in [-0.15, -0.1) is 0 Å². The minimum absolute atomic E-state index is 0. The maximum Gasteiger partial charge on any atom is 4.00 e. The first-order valence-corrected chi connectivity index (χ1v) is 4.61. The molecule has 0 aromatic heterocycles. The van der Waals surface area contributed by atoms with Gasteiger partial charge in [0.2, 0.25) is 0 Å². The topological polar surface area (TPSA) is 0 Å². The first-order valence-electron chi connectivity index (χ1n) is 4.61. The van der Waals surface area contributed by atoms with Crippen LogP contribution in [0, 0.1) is 12.0 Å². The van der Waals surface area contributed by atoms with Crippen LogP contribution in [-0.2, 0) is 21.7 Å². The van der Waals surface area contributed by atoms with Gasteiger partial charge in [0, 0.05) is 0 Å². The van der Waals surface area contributed by atoms with Crippen molar-refractivity contribution in [2.75, 3.05) is 0 Å². The zero-order chi connectivity index (χ0) is 7.84. The van der Waals surface area contributed by atoms with Gasteiger partial charge < -0.3 is 37.2 Å². The molecule has 1 unspecified atom stereocenters. The average molecular weight is 301 g/mol. The molecule has 0 nitrogen and oxygen atoms in total. The Kier molecular flexibility index (Phi) is 13.0. The SMILES string of the molecule is CC1=[C-]C2=C(CCCC2)C1C.[Cl-].[Cl-].[Cl-].[Ti+4]. The maximum absolute atomic E-state index is 3.50. The van der Waals surface area contributed by atoms with E-state index in [1.54, 1.807) is 11.1 Å². The molecule has 0 bridgehead atoms. The van der Waals surface area contributed by atoms with E-state index in [9.17, 15) is 0 Å². The average Bonchev–Trinajstić information content (AvgIpc) is 2.30. The summed E-state index contributed by atoms with van der Waals surface area (Å²) in [5, 5.41) is 0. The molecule has 0 fully saturated rings.